The lowest BCUT2D eigenvalue weighted by Crippen LogP contribution is -1.92. The van der Waals surface area contributed by atoms with Crippen molar-refractivity contribution in [2.75, 3.05) is 5.73 Å². The van der Waals surface area contributed by atoms with Gasteiger partial charge in [0.2, 0.25) is 0 Å². The SMILES string of the molecule is C=CCc1c(N)ccc2nc(C#N)sc12. The lowest BCUT2D eigenvalue weighted by atomic mass is 10.1. The van der Waals surface area contributed by atoms with Crippen LogP contribution in [0.3, 0.4) is 0 Å². The molecule has 0 radical (unpaired) electrons. The fourth-order valence-corrected chi connectivity index (χ4v) is 2.39. The Hall–Kier alpha value is -1.86. The van der Waals surface area contributed by atoms with Crippen LogP contribution in [-0.2, 0) is 6.42 Å². The van der Waals surface area contributed by atoms with E-state index in [1.165, 1.54) is 11.3 Å². The van der Waals surface area contributed by atoms with Gasteiger partial charge in [-0.2, -0.15) is 5.26 Å². The number of nitrogens with two attached hydrogens (primary N) is 1. The summed E-state index contributed by atoms with van der Waals surface area (Å²) in [5, 5.41) is 9.25. The second kappa shape index (κ2) is 3.71. The number of hydrogen-bond acceptors (Lipinski definition) is 4. The van der Waals surface area contributed by atoms with E-state index in [1.807, 2.05) is 18.2 Å². The number of fused-ring (bicyclic) bond motifs is 1. The van der Waals surface area contributed by atoms with Crippen LogP contribution in [0, 0.1) is 11.3 Å². The lowest BCUT2D eigenvalue weighted by molar-refractivity contribution is 1.31. The van der Waals surface area contributed by atoms with E-state index in [4.69, 9.17) is 11.0 Å². The summed E-state index contributed by atoms with van der Waals surface area (Å²) in [5.41, 5.74) is 8.45. The zero-order valence-electron chi connectivity index (χ0n) is 8.03. The van der Waals surface area contributed by atoms with Crippen LogP contribution in [0.5, 0.6) is 0 Å². The van der Waals surface area contributed by atoms with E-state index in [0.29, 0.717) is 11.4 Å². The number of aromatic nitrogens is 1. The molecule has 0 aliphatic carbocycles. The van der Waals surface area contributed by atoms with Crippen LogP contribution >= 0.6 is 11.3 Å². The second-order valence-corrected chi connectivity index (χ2v) is 4.10. The van der Waals surface area contributed by atoms with Crippen LogP contribution in [0.15, 0.2) is 24.8 Å². The average Bonchev–Trinajstić information content (AvgIpc) is 2.66. The van der Waals surface area contributed by atoms with Crippen molar-refractivity contribution in [2.45, 2.75) is 6.42 Å². The van der Waals surface area contributed by atoms with E-state index in [9.17, 15) is 0 Å². The number of rotatable bonds is 2. The third-order valence-corrected chi connectivity index (χ3v) is 3.18. The Kier molecular flexibility index (Phi) is 2.40. The Bertz CT molecular complexity index is 563. The minimum atomic E-state index is 0.473. The molecule has 1 aromatic carbocycles. The lowest BCUT2D eigenvalue weighted by Gasteiger charge is -2.02. The molecule has 0 bridgehead atoms. The molecular weight excluding hydrogens is 206 g/mol. The largest absolute Gasteiger partial charge is 0.398 e. The van der Waals surface area contributed by atoms with E-state index in [-0.39, 0.29) is 0 Å². The first-order valence-corrected chi connectivity index (χ1v) is 5.26. The zero-order chi connectivity index (χ0) is 10.8. The van der Waals surface area contributed by atoms with E-state index in [0.717, 1.165) is 21.5 Å². The molecule has 0 saturated heterocycles. The first-order valence-electron chi connectivity index (χ1n) is 4.45. The van der Waals surface area contributed by atoms with Gasteiger partial charge >= 0.3 is 0 Å². The molecule has 0 spiro atoms. The van der Waals surface area contributed by atoms with Gasteiger partial charge in [0.25, 0.3) is 0 Å². The first kappa shape index (κ1) is 9.69. The summed E-state index contributed by atoms with van der Waals surface area (Å²) in [5.74, 6) is 0. The summed E-state index contributed by atoms with van der Waals surface area (Å²) >= 11 is 1.38. The van der Waals surface area contributed by atoms with Crippen LogP contribution in [0.25, 0.3) is 10.2 Å². The van der Waals surface area contributed by atoms with Crippen molar-refractivity contribution >= 4 is 27.2 Å². The fourth-order valence-electron chi connectivity index (χ4n) is 1.46. The summed E-state index contributed by atoms with van der Waals surface area (Å²) in [6.07, 6.45) is 2.51. The number of benzene rings is 1. The number of nitriles is 1. The number of nitrogens with zero attached hydrogens (tertiary/aromatic N) is 2. The van der Waals surface area contributed by atoms with Gasteiger partial charge < -0.3 is 5.73 Å². The molecule has 4 heteroatoms. The highest BCUT2D eigenvalue weighted by Gasteiger charge is 2.09. The molecule has 0 aliphatic rings. The number of nitrogen functional groups attached to an aromatic ring is 1. The summed E-state index contributed by atoms with van der Waals surface area (Å²) in [4.78, 5) is 4.18. The van der Waals surface area contributed by atoms with Gasteiger partial charge in [-0.3, -0.25) is 0 Å². The highest BCUT2D eigenvalue weighted by molar-refractivity contribution is 7.19. The number of allylic oxidation sites excluding steroid dienone is 1. The van der Waals surface area contributed by atoms with Crippen molar-refractivity contribution in [1.29, 1.82) is 5.26 Å². The van der Waals surface area contributed by atoms with Crippen molar-refractivity contribution in [2.24, 2.45) is 0 Å². The van der Waals surface area contributed by atoms with Crippen molar-refractivity contribution in [1.82, 2.24) is 4.98 Å². The molecule has 0 unspecified atom stereocenters. The summed E-state index contributed by atoms with van der Waals surface area (Å²) in [6, 6.07) is 5.71. The molecule has 0 aliphatic heterocycles. The van der Waals surface area contributed by atoms with Gasteiger partial charge in [0, 0.05) is 5.69 Å². The molecule has 3 nitrogen and oxygen atoms in total. The third kappa shape index (κ3) is 1.58. The smallest absolute Gasteiger partial charge is 0.195 e. The summed E-state index contributed by atoms with van der Waals surface area (Å²) < 4.78 is 0.992. The van der Waals surface area contributed by atoms with E-state index >= 15 is 0 Å². The van der Waals surface area contributed by atoms with Crippen molar-refractivity contribution in [3.63, 3.8) is 0 Å². The molecule has 0 atom stereocenters. The Balaban J connectivity index is 2.74. The van der Waals surface area contributed by atoms with Crippen LogP contribution < -0.4 is 5.73 Å². The molecule has 1 aromatic heterocycles. The molecule has 0 fully saturated rings. The van der Waals surface area contributed by atoms with Gasteiger partial charge in [0.05, 0.1) is 10.2 Å². The molecule has 74 valence electrons. The molecule has 0 saturated carbocycles. The first-order chi connectivity index (χ1) is 7.26. The molecule has 2 aromatic rings. The number of thiazole rings is 1. The number of anilines is 1. The van der Waals surface area contributed by atoms with Crippen molar-refractivity contribution in [3.05, 3.63) is 35.4 Å². The van der Waals surface area contributed by atoms with E-state index < -0.39 is 0 Å². The van der Waals surface area contributed by atoms with E-state index in [2.05, 4.69) is 11.6 Å². The Morgan fingerprint density at radius 3 is 3.07 bits per heavy atom. The van der Waals surface area contributed by atoms with Gasteiger partial charge in [0.1, 0.15) is 6.07 Å². The van der Waals surface area contributed by atoms with Crippen molar-refractivity contribution < 1.29 is 0 Å². The summed E-state index contributed by atoms with van der Waals surface area (Å²) in [6.45, 7) is 3.69. The van der Waals surface area contributed by atoms with E-state index in [1.54, 1.807) is 6.08 Å². The van der Waals surface area contributed by atoms with Crippen LogP contribution in [-0.4, -0.2) is 4.98 Å². The van der Waals surface area contributed by atoms with Gasteiger partial charge in [-0.25, -0.2) is 4.98 Å². The van der Waals surface area contributed by atoms with Gasteiger partial charge in [-0.15, -0.1) is 17.9 Å². The molecule has 15 heavy (non-hydrogen) atoms. The van der Waals surface area contributed by atoms with Crippen LogP contribution in [0.2, 0.25) is 0 Å². The molecule has 0 amide bonds. The quantitative estimate of drug-likeness (QED) is 0.618. The maximum Gasteiger partial charge on any atom is 0.195 e. The zero-order valence-corrected chi connectivity index (χ0v) is 8.84. The highest BCUT2D eigenvalue weighted by atomic mass is 32.1. The predicted octanol–water partition coefficient (Wildman–Crippen LogP) is 2.48. The Morgan fingerprint density at radius 2 is 2.40 bits per heavy atom. The molecule has 2 N–H and O–H groups in total. The monoisotopic (exact) mass is 215 g/mol. The maximum absolute atomic E-state index is 8.78. The average molecular weight is 215 g/mol. The minimum absolute atomic E-state index is 0.473. The predicted molar refractivity (Wildman–Crippen MR) is 62.6 cm³/mol. The molecule has 1 heterocycles. The topological polar surface area (TPSA) is 62.7 Å². The van der Waals surface area contributed by atoms with Crippen LogP contribution in [0.1, 0.15) is 10.6 Å². The van der Waals surface area contributed by atoms with Crippen LogP contribution in [0.4, 0.5) is 5.69 Å². The molecule has 2 rings (SSSR count). The Labute approximate surface area is 91.5 Å². The summed E-state index contributed by atoms with van der Waals surface area (Å²) in [7, 11) is 0. The second-order valence-electron chi connectivity index (χ2n) is 3.11. The third-order valence-electron chi connectivity index (χ3n) is 2.14. The standard InChI is InChI=1S/C11H9N3S/c1-2-3-7-8(13)4-5-9-11(7)15-10(6-12)14-9/h2,4-5H,1,3,13H2. The fraction of sp³-hybridized carbons (Fsp3) is 0.0909. The van der Waals surface area contributed by atoms with Crippen molar-refractivity contribution in [3.8, 4) is 6.07 Å². The highest BCUT2D eigenvalue weighted by Crippen LogP contribution is 2.29. The van der Waals surface area contributed by atoms with Gasteiger partial charge in [0.15, 0.2) is 5.01 Å². The van der Waals surface area contributed by atoms with Gasteiger partial charge in [-0.1, -0.05) is 6.08 Å². The van der Waals surface area contributed by atoms with Gasteiger partial charge in [-0.05, 0) is 24.1 Å². The normalized spacial score (nSPS) is 10.1. The minimum Gasteiger partial charge on any atom is -0.398 e. The Morgan fingerprint density at radius 1 is 1.60 bits per heavy atom. The molecular formula is C11H9N3S. The number of hydrogen-bond donors (Lipinski definition) is 1. The maximum atomic E-state index is 8.78.